The lowest BCUT2D eigenvalue weighted by Gasteiger charge is -2.19. The Kier molecular flexibility index (Phi) is 3.72. The molecule has 7 nitrogen and oxygen atoms in total. The summed E-state index contributed by atoms with van der Waals surface area (Å²) in [7, 11) is 2.08. The molecule has 0 bridgehead atoms. The number of fused-ring (bicyclic) bond motifs is 5. The maximum absolute atomic E-state index is 11.7. The smallest absolute Gasteiger partial charge is 0.225 e. The highest BCUT2D eigenvalue weighted by Gasteiger charge is 2.61. The van der Waals surface area contributed by atoms with Crippen molar-refractivity contribution in [1.82, 2.24) is 14.5 Å². The summed E-state index contributed by atoms with van der Waals surface area (Å²) < 4.78 is 14.7. The van der Waals surface area contributed by atoms with Gasteiger partial charge in [0.1, 0.15) is 35.0 Å². The first kappa shape index (κ1) is 18.7. The first-order valence-corrected chi connectivity index (χ1v) is 11.3. The van der Waals surface area contributed by atoms with Gasteiger partial charge in [0.2, 0.25) is 5.91 Å². The summed E-state index contributed by atoms with van der Waals surface area (Å²) in [6, 6.07) is 14.3. The fraction of sp³-hybridized carbons (Fsp3) is 0.269. The predicted molar refractivity (Wildman–Crippen MR) is 123 cm³/mol. The summed E-state index contributed by atoms with van der Waals surface area (Å²) in [5.74, 6) is 4.59. The second-order valence-electron chi connectivity index (χ2n) is 9.14. The van der Waals surface area contributed by atoms with Gasteiger partial charge < -0.3 is 19.4 Å². The number of hydrogen-bond acceptors (Lipinski definition) is 5. The molecule has 0 saturated heterocycles. The van der Waals surface area contributed by atoms with Gasteiger partial charge in [-0.25, -0.2) is 9.97 Å². The quantitative estimate of drug-likeness (QED) is 0.506. The van der Waals surface area contributed by atoms with Crippen molar-refractivity contribution in [3.63, 3.8) is 0 Å². The second kappa shape index (κ2) is 6.57. The number of anilines is 1. The van der Waals surface area contributed by atoms with Gasteiger partial charge in [-0.15, -0.1) is 0 Å². The molecule has 0 spiro atoms. The van der Waals surface area contributed by atoms with E-state index in [1.54, 1.807) is 6.20 Å². The highest BCUT2D eigenvalue weighted by Crippen LogP contribution is 2.63. The number of amides is 1. The first-order chi connectivity index (χ1) is 16.1. The highest BCUT2D eigenvalue weighted by molar-refractivity contribution is 5.93. The molecule has 3 atom stereocenters. The zero-order valence-corrected chi connectivity index (χ0v) is 18.3. The molecule has 3 aliphatic rings. The van der Waals surface area contributed by atoms with Gasteiger partial charge in [-0.3, -0.25) is 4.79 Å². The third-order valence-electron chi connectivity index (χ3n) is 7.03. The number of carbonyl (C=O) groups excluding carboxylic acids is 1. The van der Waals surface area contributed by atoms with Crippen molar-refractivity contribution < 1.29 is 14.3 Å². The predicted octanol–water partition coefficient (Wildman–Crippen LogP) is 4.60. The highest BCUT2D eigenvalue weighted by atomic mass is 16.5. The molecule has 33 heavy (non-hydrogen) atoms. The van der Waals surface area contributed by atoms with E-state index in [1.807, 2.05) is 18.2 Å². The number of carbonyl (C=O) groups is 1. The number of hydrogen-bond donors (Lipinski definition) is 1. The van der Waals surface area contributed by atoms with Crippen LogP contribution in [0.4, 0.5) is 5.82 Å². The van der Waals surface area contributed by atoms with E-state index in [0.29, 0.717) is 18.7 Å². The Morgan fingerprint density at radius 2 is 2.03 bits per heavy atom. The standard InChI is InChI=1S/C26H22N4O3/c1-13-3-6-18-17(11-13)28-26(30(18)2)23-22-16-12-14(4-7-19(16)33-24(22)23)32-20-9-10-27-25-15(20)5-8-21(31)29-25/h3-4,6-7,9-12,22-24H,5,8H2,1-2H3,(H,27,29,31). The second-order valence-corrected chi connectivity index (χ2v) is 9.14. The van der Waals surface area contributed by atoms with Crippen LogP contribution in [0.3, 0.4) is 0 Å². The third kappa shape index (κ3) is 2.78. The fourth-order valence-electron chi connectivity index (χ4n) is 5.32. The maximum atomic E-state index is 11.7. The average Bonchev–Trinajstić information content (AvgIpc) is 3.23. The van der Waals surface area contributed by atoms with E-state index in [2.05, 4.69) is 53.1 Å². The number of nitrogens with zero attached hydrogens (tertiary/aromatic N) is 3. The van der Waals surface area contributed by atoms with Crippen LogP contribution in [-0.4, -0.2) is 26.5 Å². The van der Waals surface area contributed by atoms with Gasteiger partial charge in [-0.1, -0.05) is 6.07 Å². The van der Waals surface area contributed by atoms with Crippen LogP contribution >= 0.6 is 0 Å². The first-order valence-electron chi connectivity index (χ1n) is 11.3. The fourth-order valence-corrected chi connectivity index (χ4v) is 5.32. The molecule has 3 unspecified atom stereocenters. The summed E-state index contributed by atoms with van der Waals surface area (Å²) in [5, 5.41) is 2.83. The molecule has 4 aromatic rings. The topological polar surface area (TPSA) is 78.3 Å². The molecule has 164 valence electrons. The summed E-state index contributed by atoms with van der Waals surface area (Å²) in [6.45, 7) is 2.09. The minimum absolute atomic E-state index is 0.00949. The van der Waals surface area contributed by atoms with Crippen molar-refractivity contribution >= 4 is 22.8 Å². The molecule has 7 heteroatoms. The summed E-state index contributed by atoms with van der Waals surface area (Å²) in [6.07, 6.45) is 2.85. The number of aryl methyl sites for hydroxylation is 2. The van der Waals surface area contributed by atoms with E-state index < -0.39 is 0 Å². The number of imidazole rings is 1. The van der Waals surface area contributed by atoms with Crippen LogP contribution in [0.2, 0.25) is 0 Å². The Balaban J connectivity index is 1.19. The molecule has 2 aromatic carbocycles. The molecule has 1 amide bonds. The molecule has 0 radical (unpaired) electrons. The molecule has 1 fully saturated rings. The molecular weight excluding hydrogens is 416 g/mol. The van der Waals surface area contributed by atoms with Gasteiger partial charge in [0.15, 0.2) is 0 Å². The van der Waals surface area contributed by atoms with Crippen molar-refractivity contribution in [1.29, 1.82) is 0 Å². The number of nitrogens with one attached hydrogen (secondary N) is 1. The summed E-state index contributed by atoms with van der Waals surface area (Å²) in [4.78, 5) is 20.9. The molecule has 1 aliphatic carbocycles. The Morgan fingerprint density at radius 3 is 2.94 bits per heavy atom. The van der Waals surface area contributed by atoms with E-state index in [-0.39, 0.29) is 23.8 Å². The largest absolute Gasteiger partial charge is 0.489 e. The van der Waals surface area contributed by atoms with Gasteiger partial charge in [-0.05, 0) is 55.3 Å². The Morgan fingerprint density at radius 1 is 1.12 bits per heavy atom. The van der Waals surface area contributed by atoms with Gasteiger partial charge >= 0.3 is 0 Å². The number of ether oxygens (including phenoxy) is 2. The minimum Gasteiger partial charge on any atom is -0.489 e. The monoisotopic (exact) mass is 438 g/mol. The molecular formula is C26H22N4O3. The molecule has 2 aliphatic heterocycles. The maximum Gasteiger partial charge on any atom is 0.225 e. The lowest BCUT2D eigenvalue weighted by atomic mass is 10.1. The van der Waals surface area contributed by atoms with Gasteiger partial charge in [0, 0.05) is 36.7 Å². The van der Waals surface area contributed by atoms with Crippen LogP contribution in [0, 0.1) is 6.92 Å². The van der Waals surface area contributed by atoms with Crippen LogP contribution in [0.1, 0.15) is 40.8 Å². The van der Waals surface area contributed by atoms with Crippen LogP contribution < -0.4 is 14.8 Å². The Bertz CT molecular complexity index is 1470. The zero-order chi connectivity index (χ0) is 22.3. The molecule has 2 aromatic heterocycles. The van der Waals surface area contributed by atoms with Gasteiger partial charge in [-0.2, -0.15) is 0 Å². The number of benzene rings is 2. The van der Waals surface area contributed by atoms with Crippen molar-refractivity contribution in [2.75, 3.05) is 5.32 Å². The summed E-state index contributed by atoms with van der Waals surface area (Å²) >= 11 is 0. The Hall–Kier alpha value is -3.87. The van der Waals surface area contributed by atoms with Crippen molar-refractivity contribution in [2.45, 2.75) is 37.7 Å². The van der Waals surface area contributed by atoms with Gasteiger partial charge in [0.05, 0.1) is 17.0 Å². The van der Waals surface area contributed by atoms with E-state index in [9.17, 15) is 4.79 Å². The van der Waals surface area contributed by atoms with Crippen LogP contribution in [0.25, 0.3) is 11.0 Å². The zero-order valence-electron chi connectivity index (χ0n) is 18.3. The number of rotatable bonds is 3. The van der Waals surface area contributed by atoms with Gasteiger partial charge in [0.25, 0.3) is 0 Å². The molecule has 4 heterocycles. The molecule has 1 N–H and O–H groups in total. The molecule has 7 rings (SSSR count). The van der Waals surface area contributed by atoms with E-state index in [0.717, 1.165) is 39.7 Å². The number of aromatic nitrogens is 3. The van der Waals surface area contributed by atoms with E-state index in [1.165, 1.54) is 11.1 Å². The van der Waals surface area contributed by atoms with Crippen LogP contribution in [0.15, 0.2) is 48.7 Å². The van der Waals surface area contributed by atoms with Crippen LogP contribution in [-0.2, 0) is 18.3 Å². The average molecular weight is 438 g/mol. The lowest BCUT2D eigenvalue weighted by Crippen LogP contribution is -2.20. The SMILES string of the molecule is Cc1ccc2c(c1)nc(C1C3Oc4ccc(Oc5ccnc6c5CCC(=O)N6)cc4C31)n2C. The van der Waals surface area contributed by atoms with Crippen molar-refractivity contribution in [2.24, 2.45) is 7.05 Å². The van der Waals surface area contributed by atoms with Crippen molar-refractivity contribution in [3.8, 4) is 17.2 Å². The normalized spacial score (nSPS) is 22.2. The van der Waals surface area contributed by atoms with Crippen LogP contribution in [0.5, 0.6) is 17.2 Å². The molecule has 1 saturated carbocycles. The Labute approximate surface area is 190 Å². The summed E-state index contributed by atoms with van der Waals surface area (Å²) in [5.41, 5.74) is 5.49. The van der Waals surface area contributed by atoms with E-state index in [4.69, 9.17) is 14.5 Å². The lowest BCUT2D eigenvalue weighted by molar-refractivity contribution is -0.116. The van der Waals surface area contributed by atoms with Crippen molar-refractivity contribution in [3.05, 3.63) is 71.2 Å². The van der Waals surface area contributed by atoms with E-state index >= 15 is 0 Å². The minimum atomic E-state index is -0.00949. The number of pyridine rings is 1. The third-order valence-corrected chi connectivity index (χ3v) is 7.03.